The summed E-state index contributed by atoms with van der Waals surface area (Å²) in [7, 11) is -0.808. The molecule has 0 bridgehead atoms. The fraction of sp³-hybridized carbons (Fsp3) is 0.308. The highest BCUT2D eigenvalue weighted by molar-refractivity contribution is 6.91. The normalized spacial score (nSPS) is 14.1. The van der Waals surface area contributed by atoms with E-state index in [1.807, 2.05) is 0 Å². The summed E-state index contributed by atoms with van der Waals surface area (Å²) in [5.74, 6) is 0. The molecule has 0 aliphatic carbocycles. The third-order valence-electron chi connectivity index (χ3n) is 5.59. The molecule has 0 nitrogen and oxygen atoms in total. The van der Waals surface area contributed by atoms with Crippen LogP contribution in [0, 0.1) is 0 Å². The fourth-order valence-electron chi connectivity index (χ4n) is 4.22. The van der Waals surface area contributed by atoms with Gasteiger partial charge in [-0.05, 0) is 48.6 Å². The van der Waals surface area contributed by atoms with Gasteiger partial charge in [-0.3, -0.25) is 0 Å². The first-order valence-electron chi connectivity index (χ1n) is 9.89. The maximum absolute atomic E-state index is 2.48. The van der Waals surface area contributed by atoms with Crippen molar-refractivity contribution in [1.82, 2.24) is 0 Å². The zero-order chi connectivity index (χ0) is 19.4. The first-order chi connectivity index (χ1) is 12.7. The van der Waals surface area contributed by atoms with E-state index in [0.717, 1.165) is 0 Å². The highest BCUT2D eigenvalue weighted by Gasteiger charge is 2.38. The summed E-state index contributed by atoms with van der Waals surface area (Å²) in [5.41, 5.74) is 7.14. The number of hydrogen-bond donors (Lipinski definition) is 0. The number of fused-ring (bicyclic) bond motifs is 3. The highest BCUT2D eigenvalue weighted by atomic mass is 28.3. The lowest BCUT2D eigenvalue weighted by Crippen LogP contribution is -2.45. The van der Waals surface area contributed by atoms with E-state index in [1.54, 1.807) is 10.4 Å². The lowest BCUT2D eigenvalue weighted by atomic mass is 9.85. The average Bonchev–Trinajstić information content (AvgIpc) is 2.95. The molecule has 137 valence electrons. The fourth-order valence-corrected chi connectivity index (χ4v) is 7.66. The average molecular weight is 370 g/mol. The maximum atomic E-state index is 2.48. The van der Waals surface area contributed by atoms with Crippen molar-refractivity contribution in [1.29, 1.82) is 0 Å². The SMILES string of the molecule is CC(C)(C)c1cccc(-c2ccc3c(c2)[Si](C(C)(C)C)c2ccccc2-3)c1. The van der Waals surface area contributed by atoms with Gasteiger partial charge in [-0.1, -0.05) is 108 Å². The van der Waals surface area contributed by atoms with E-state index >= 15 is 0 Å². The molecule has 1 heteroatoms. The van der Waals surface area contributed by atoms with Gasteiger partial charge in [0.25, 0.3) is 0 Å². The Hall–Kier alpha value is -2.12. The molecule has 0 amide bonds. The molecule has 1 heterocycles. The van der Waals surface area contributed by atoms with Gasteiger partial charge in [0, 0.05) is 0 Å². The molecule has 3 aromatic rings. The summed E-state index contributed by atoms with van der Waals surface area (Å²) in [6.07, 6.45) is 0. The van der Waals surface area contributed by atoms with E-state index in [2.05, 4.69) is 108 Å². The van der Waals surface area contributed by atoms with E-state index in [9.17, 15) is 0 Å². The molecule has 1 aliphatic rings. The van der Waals surface area contributed by atoms with Crippen LogP contribution in [0.4, 0.5) is 0 Å². The van der Waals surface area contributed by atoms with E-state index in [-0.39, 0.29) is 10.5 Å². The van der Waals surface area contributed by atoms with Gasteiger partial charge in [-0.25, -0.2) is 0 Å². The molecule has 0 spiro atoms. The van der Waals surface area contributed by atoms with E-state index in [0.29, 0.717) is 0 Å². The second-order valence-corrected chi connectivity index (χ2v) is 13.1. The molecule has 0 saturated heterocycles. The van der Waals surface area contributed by atoms with Crippen LogP contribution in [0.2, 0.25) is 5.04 Å². The Labute approximate surface area is 165 Å². The highest BCUT2D eigenvalue weighted by Crippen LogP contribution is 2.36. The van der Waals surface area contributed by atoms with Crippen molar-refractivity contribution >= 4 is 19.2 Å². The van der Waals surface area contributed by atoms with E-state index in [4.69, 9.17) is 0 Å². The van der Waals surface area contributed by atoms with Gasteiger partial charge in [0.05, 0.1) is 0 Å². The molecule has 1 radical (unpaired) electrons. The number of rotatable bonds is 1. The second kappa shape index (κ2) is 6.20. The van der Waals surface area contributed by atoms with Crippen molar-refractivity contribution in [3.8, 4) is 22.3 Å². The monoisotopic (exact) mass is 369 g/mol. The largest absolute Gasteiger partial charge is 0.128 e. The lowest BCUT2D eigenvalue weighted by molar-refractivity contribution is 0.590. The van der Waals surface area contributed by atoms with Gasteiger partial charge in [-0.15, -0.1) is 0 Å². The maximum Gasteiger partial charge on any atom is 0.128 e. The van der Waals surface area contributed by atoms with Crippen molar-refractivity contribution in [3.63, 3.8) is 0 Å². The van der Waals surface area contributed by atoms with Crippen LogP contribution in [-0.4, -0.2) is 8.80 Å². The van der Waals surface area contributed by atoms with Gasteiger partial charge in [0.2, 0.25) is 0 Å². The van der Waals surface area contributed by atoms with Crippen LogP contribution in [0.1, 0.15) is 47.1 Å². The smallest absolute Gasteiger partial charge is 0.0623 e. The van der Waals surface area contributed by atoms with Crippen LogP contribution in [-0.2, 0) is 5.41 Å². The zero-order valence-electron chi connectivity index (χ0n) is 17.4. The van der Waals surface area contributed by atoms with Crippen molar-refractivity contribution in [3.05, 3.63) is 72.3 Å². The van der Waals surface area contributed by atoms with Crippen LogP contribution < -0.4 is 10.4 Å². The summed E-state index contributed by atoms with van der Waals surface area (Å²) >= 11 is 0. The van der Waals surface area contributed by atoms with Crippen molar-refractivity contribution in [2.45, 2.75) is 52.0 Å². The summed E-state index contributed by atoms with van der Waals surface area (Å²) in [6.45, 7) is 14.1. The molecule has 27 heavy (non-hydrogen) atoms. The Morgan fingerprint density at radius 2 is 1.26 bits per heavy atom. The third kappa shape index (κ3) is 3.19. The standard InChI is InChI=1S/C26H29Si/c1-25(2,3)20-11-9-10-18(16-20)19-14-15-22-21-12-7-8-13-23(21)27(24(22)17-19)26(4,5)6/h7-17H,1-6H3. The second-order valence-electron chi connectivity index (χ2n) is 9.76. The van der Waals surface area contributed by atoms with Crippen LogP contribution >= 0.6 is 0 Å². The van der Waals surface area contributed by atoms with E-state index < -0.39 is 8.80 Å². The number of benzene rings is 3. The Morgan fingerprint density at radius 1 is 0.593 bits per heavy atom. The first-order valence-corrected chi connectivity index (χ1v) is 11.4. The Bertz CT molecular complexity index is 999. The molecular weight excluding hydrogens is 340 g/mol. The van der Waals surface area contributed by atoms with Gasteiger partial charge in [0.1, 0.15) is 8.80 Å². The number of hydrogen-bond acceptors (Lipinski definition) is 0. The first kappa shape index (κ1) is 18.2. The molecular formula is C26H29Si. The summed E-state index contributed by atoms with van der Waals surface area (Å²) in [5, 5.41) is 3.44. The molecule has 0 atom stereocenters. The molecule has 0 unspecified atom stereocenters. The minimum absolute atomic E-state index is 0.170. The molecule has 0 fully saturated rings. The predicted octanol–water partition coefficient (Wildman–Crippen LogP) is 6.04. The van der Waals surface area contributed by atoms with Crippen LogP contribution in [0.3, 0.4) is 0 Å². The molecule has 3 aromatic carbocycles. The minimum atomic E-state index is -0.808. The van der Waals surface area contributed by atoms with Crippen molar-refractivity contribution < 1.29 is 0 Å². The Balaban J connectivity index is 1.87. The van der Waals surface area contributed by atoms with E-state index in [1.165, 1.54) is 27.8 Å². The van der Waals surface area contributed by atoms with Gasteiger partial charge < -0.3 is 0 Å². The molecule has 0 N–H and O–H groups in total. The van der Waals surface area contributed by atoms with Crippen molar-refractivity contribution in [2.24, 2.45) is 0 Å². The van der Waals surface area contributed by atoms with Crippen molar-refractivity contribution in [2.75, 3.05) is 0 Å². The lowest BCUT2D eigenvalue weighted by Gasteiger charge is -2.27. The zero-order valence-corrected chi connectivity index (χ0v) is 18.4. The van der Waals surface area contributed by atoms with Gasteiger partial charge in [-0.2, -0.15) is 0 Å². The van der Waals surface area contributed by atoms with Gasteiger partial charge >= 0.3 is 0 Å². The molecule has 4 rings (SSSR count). The molecule has 1 aliphatic heterocycles. The molecule has 0 saturated carbocycles. The van der Waals surface area contributed by atoms with Crippen LogP contribution in [0.15, 0.2) is 66.7 Å². The topological polar surface area (TPSA) is 0 Å². The van der Waals surface area contributed by atoms with Crippen LogP contribution in [0.25, 0.3) is 22.3 Å². The minimum Gasteiger partial charge on any atom is -0.0623 e. The summed E-state index contributed by atoms with van der Waals surface area (Å²) < 4.78 is 0. The van der Waals surface area contributed by atoms with Gasteiger partial charge in [0.15, 0.2) is 0 Å². The predicted molar refractivity (Wildman–Crippen MR) is 121 cm³/mol. The van der Waals surface area contributed by atoms with Crippen LogP contribution in [0.5, 0.6) is 0 Å². The summed E-state index contributed by atoms with van der Waals surface area (Å²) in [4.78, 5) is 0. The Morgan fingerprint density at radius 3 is 1.96 bits per heavy atom. The summed E-state index contributed by atoms with van der Waals surface area (Å²) in [6, 6.07) is 25.3. The Kier molecular flexibility index (Phi) is 4.19. The quantitative estimate of drug-likeness (QED) is 0.459. The molecule has 0 aromatic heterocycles. The third-order valence-corrected chi connectivity index (χ3v) is 9.01.